The van der Waals surface area contributed by atoms with E-state index in [-0.39, 0.29) is 30.4 Å². The minimum absolute atomic E-state index is 0.154. The molecule has 0 spiro atoms. The van der Waals surface area contributed by atoms with Gasteiger partial charge in [0.25, 0.3) is 5.91 Å². The van der Waals surface area contributed by atoms with Crippen molar-refractivity contribution >= 4 is 34.9 Å². The van der Waals surface area contributed by atoms with Gasteiger partial charge in [-0.3, -0.25) is 4.79 Å². The van der Waals surface area contributed by atoms with Gasteiger partial charge < -0.3 is 9.64 Å². The van der Waals surface area contributed by atoms with Crippen molar-refractivity contribution in [3.8, 4) is 0 Å². The monoisotopic (exact) mass is 401 g/mol. The average molecular weight is 402 g/mol. The highest BCUT2D eigenvalue weighted by Gasteiger charge is 2.29. The Balaban J connectivity index is 1.73. The summed E-state index contributed by atoms with van der Waals surface area (Å²) in [6.45, 7) is 3.78. The first-order chi connectivity index (χ1) is 13.5. The van der Waals surface area contributed by atoms with Crippen LogP contribution in [0.1, 0.15) is 43.6 Å². The smallest absolute Gasteiger partial charge is 0.340 e. The molecule has 1 fully saturated rings. The predicted molar refractivity (Wildman–Crippen MR) is 109 cm³/mol. The fourth-order valence-corrected chi connectivity index (χ4v) is 4.31. The molecule has 2 aromatic rings. The van der Waals surface area contributed by atoms with E-state index in [1.807, 2.05) is 36.3 Å². The molecule has 1 aromatic heterocycles. The van der Waals surface area contributed by atoms with E-state index in [9.17, 15) is 14.0 Å². The number of esters is 1. The molecule has 1 aliphatic rings. The van der Waals surface area contributed by atoms with E-state index in [2.05, 4.69) is 0 Å². The van der Waals surface area contributed by atoms with Crippen LogP contribution in [0.15, 0.2) is 41.8 Å². The van der Waals surface area contributed by atoms with E-state index in [1.54, 1.807) is 18.2 Å². The Morgan fingerprint density at radius 2 is 1.86 bits per heavy atom. The first kappa shape index (κ1) is 20.3. The number of ether oxygens (including phenoxy) is 1. The lowest BCUT2D eigenvalue weighted by atomic mass is 9.97. The summed E-state index contributed by atoms with van der Waals surface area (Å²) in [5.74, 6) is -1.06. The summed E-state index contributed by atoms with van der Waals surface area (Å²) in [4.78, 5) is 27.9. The van der Waals surface area contributed by atoms with Gasteiger partial charge in [0.15, 0.2) is 6.61 Å². The predicted octanol–water partition coefficient (Wildman–Crippen LogP) is 4.76. The number of benzene rings is 1. The van der Waals surface area contributed by atoms with Gasteiger partial charge in [0.1, 0.15) is 5.82 Å². The second kappa shape index (κ2) is 9.15. The van der Waals surface area contributed by atoms with Gasteiger partial charge in [-0.05, 0) is 68.3 Å². The molecule has 3 rings (SSSR count). The lowest BCUT2D eigenvalue weighted by Crippen LogP contribution is -2.49. The first-order valence-electron chi connectivity index (χ1n) is 9.45. The number of piperidine rings is 1. The molecule has 2 unspecified atom stereocenters. The van der Waals surface area contributed by atoms with Crippen LogP contribution in [0, 0.1) is 5.82 Å². The number of rotatable bonds is 5. The number of carbonyl (C=O) groups is 2. The van der Waals surface area contributed by atoms with Gasteiger partial charge in [0.05, 0.1) is 5.57 Å². The van der Waals surface area contributed by atoms with E-state index in [1.165, 1.54) is 23.5 Å². The van der Waals surface area contributed by atoms with Crippen LogP contribution in [0.3, 0.4) is 0 Å². The van der Waals surface area contributed by atoms with E-state index in [0.717, 1.165) is 24.1 Å². The Morgan fingerprint density at radius 1 is 1.18 bits per heavy atom. The summed E-state index contributed by atoms with van der Waals surface area (Å²) >= 11 is 1.41. The third-order valence-electron chi connectivity index (χ3n) is 5.00. The third kappa shape index (κ3) is 4.87. The minimum Gasteiger partial charge on any atom is -0.452 e. The zero-order chi connectivity index (χ0) is 20.1. The zero-order valence-corrected chi connectivity index (χ0v) is 16.9. The molecule has 4 nitrogen and oxygen atoms in total. The number of hydrogen-bond donors (Lipinski definition) is 0. The largest absolute Gasteiger partial charge is 0.452 e. The normalized spacial score (nSPS) is 20.1. The molecule has 0 bridgehead atoms. The lowest BCUT2D eigenvalue weighted by molar-refractivity contribution is -0.151. The van der Waals surface area contributed by atoms with Gasteiger partial charge in [-0.2, -0.15) is 0 Å². The molecule has 1 aliphatic heterocycles. The molecule has 2 atom stereocenters. The van der Waals surface area contributed by atoms with Crippen LogP contribution in [-0.2, 0) is 14.3 Å². The van der Waals surface area contributed by atoms with Crippen LogP contribution in [0.2, 0.25) is 0 Å². The maximum absolute atomic E-state index is 13.2. The van der Waals surface area contributed by atoms with Crippen LogP contribution < -0.4 is 0 Å². The van der Waals surface area contributed by atoms with E-state index >= 15 is 0 Å². The lowest BCUT2D eigenvalue weighted by Gasteiger charge is -2.38. The number of likely N-dealkylation sites (tertiary alicyclic amines) is 1. The zero-order valence-electron chi connectivity index (χ0n) is 16.1. The van der Waals surface area contributed by atoms with Crippen molar-refractivity contribution in [2.24, 2.45) is 0 Å². The van der Waals surface area contributed by atoms with E-state index in [4.69, 9.17) is 4.74 Å². The Hall–Kier alpha value is -2.47. The van der Waals surface area contributed by atoms with E-state index < -0.39 is 5.97 Å². The summed E-state index contributed by atoms with van der Waals surface area (Å²) < 4.78 is 18.5. The van der Waals surface area contributed by atoms with Crippen LogP contribution >= 0.6 is 11.3 Å². The molecule has 0 N–H and O–H groups in total. The Labute approximate surface area is 168 Å². The highest BCUT2D eigenvalue weighted by Crippen LogP contribution is 2.25. The number of halogens is 1. The van der Waals surface area contributed by atoms with Crippen molar-refractivity contribution in [2.75, 3.05) is 6.61 Å². The third-order valence-corrected chi connectivity index (χ3v) is 5.90. The fraction of sp³-hybridized carbons (Fsp3) is 0.364. The first-order valence-corrected chi connectivity index (χ1v) is 10.3. The van der Waals surface area contributed by atoms with Crippen LogP contribution in [0.5, 0.6) is 0 Å². The molecule has 2 heterocycles. The topological polar surface area (TPSA) is 46.6 Å². The van der Waals surface area contributed by atoms with Crippen LogP contribution in [0.25, 0.3) is 11.6 Å². The van der Waals surface area contributed by atoms with Crippen molar-refractivity contribution in [3.05, 3.63) is 58.0 Å². The van der Waals surface area contributed by atoms with Crippen molar-refractivity contribution in [1.82, 2.24) is 4.90 Å². The fourth-order valence-electron chi connectivity index (χ4n) is 3.58. The van der Waals surface area contributed by atoms with Gasteiger partial charge in [-0.25, -0.2) is 9.18 Å². The van der Waals surface area contributed by atoms with Gasteiger partial charge in [-0.1, -0.05) is 18.2 Å². The second-order valence-electron chi connectivity index (χ2n) is 7.09. The Morgan fingerprint density at radius 3 is 2.46 bits per heavy atom. The molecular formula is C22H24FNO3S. The standard InChI is InChI=1S/C22H24FNO3S/c1-15-5-3-6-16(2)24(15)21(25)14-27-22(26)19(20-7-4-12-28-20)13-17-8-10-18(23)11-9-17/h4,7-13,15-16H,3,5-6,14H2,1-2H3/b19-13+. The number of nitrogens with zero attached hydrogens (tertiary/aromatic N) is 1. The second-order valence-corrected chi connectivity index (χ2v) is 8.04. The molecule has 1 aromatic carbocycles. The Kier molecular flexibility index (Phi) is 6.62. The summed E-state index contributed by atoms with van der Waals surface area (Å²) in [6, 6.07) is 9.84. The van der Waals surface area contributed by atoms with Crippen molar-refractivity contribution < 1.29 is 18.7 Å². The quantitative estimate of drug-likeness (QED) is 0.536. The van der Waals surface area contributed by atoms with Crippen LogP contribution in [-0.4, -0.2) is 35.5 Å². The molecular weight excluding hydrogens is 377 g/mol. The summed E-state index contributed by atoms with van der Waals surface area (Å²) in [5.41, 5.74) is 1.04. The number of hydrogen-bond acceptors (Lipinski definition) is 4. The van der Waals surface area contributed by atoms with Crippen molar-refractivity contribution in [2.45, 2.75) is 45.2 Å². The molecule has 0 saturated carbocycles. The minimum atomic E-state index is -0.558. The molecule has 1 saturated heterocycles. The summed E-state index contributed by atoms with van der Waals surface area (Å²) in [6.07, 6.45) is 4.70. The molecule has 148 valence electrons. The van der Waals surface area contributed by atoms with Gasteiger partial charge in [0.2, 0.25) is 0 Å². The van der Waals surface area contributed by atoms with Crippen LogP contribution in [0.4, 0.5) is 4.39 Å². The average Bonchev–Trinajstić information content (AvgIpc) is 3.20. The maximum atomic E-state index is 13.2. The SMILES string of the molecule is CC1CCCC(C)N1C(=O)COC(=O)/C(=C/c1ccc(F)cc1)c1cccs1. The molecule has 1 amide bonds. The molecule has 0 aliphatic carbocycles. The number of amides is 1. The Bertz CT molecular complexity index is 835. The van der Waals surface area contributed by atoms with Gasteiger partial charge in [-0.15, -0.1) is 11.3 Å². The number of carbonyl (C=O) groups excluding carboxylic acids is 2. The summed E-state index contributed by atoms with van der Waals surface area (Å²) in [7, 11) is 0. The van der Waals surface area contributed by atoms with Gasteiger partial charge in [0, 0.05) is 17.0 Å². The molecule has 28 heavy (non-hydrogen) atoms. The van der Waals surface area contributed by atoms with Crippen molar-refractivity contribution in [1.29, 1.82) is 0 Å². The number of thiophene rings is 1. The highest BCUT2D eigenvalue weighted by atomic mass is 32.1. The maximum Gasteiger partial charge on any atom is 0.340 e. The van der Waals surface area contributed by atoms with Crippen molar-refractivity contribution in [3.63, 3.8) is 0 Å². The molecule has 0 radical (unpaired) electrons. The van der Waals surface area contributed by atoms with Gasteiger partial charge >= 0.3 is 5.97 Å². The summed E-state index contributed by atoms with van der Waals surface area (Å²) in [5, 5.41) is 1.86. The van der Waals surface area contributed by atoms with E-state index in [0.29, 0.717) is 11.1 Å². The highest BCUT2D eigenvalue weighted by molar-refractivity contribution is 7.11. The molecule has 6 heteroatoms.